The van der Waals surface area contributed by atoms with E-state index in [4.69, 9.17) is 5.11 Å². The molecule has 3 aromatic heterocycles. The lowest BCUT2D eigenvalue weighted by Crippen LogP contribution is -1.97. The van der Waals surface area contributed by atoms with Gasteiger partial charge in [0.1, 0.15) is 0 Å². The molecule has 0 aliphatic heterocycles. The van der Waals surface area contributed by atoms with Crippen LogP contribution in [0.2, 0.25) is 0 Å². The van der Waals surface area contributed by atoms with Crippen molar-refractivity contribution in [1.82, 2.24) is 14.4 Å². The van der Waals surface area contributed by atoms with E-state index in [1.54, 1.807) is 11.3 Å². The van der Waals surface area contributed by atoms with Gasteiger partial charge in [0.05, 0.1) is 17.8 Å². The summed E-state index contributed by atoms with van der Waals surface area (Å²) < 4.78 is 2.00. The van der Waals surface area contributed by atoms with E-state index < -0.39 is 5.97 Å². The summed E-state index contributed by atoms with van der Waals surface area (Å²) in [6, 6.07) is 2.00. The number of hydrogen-bond acceptors (Lipinski definition) is 3. The van der Waals surface area contributed by atoms with Crippen molar-refractivity contribution in [2.24, 2.45) is 0 Å². The number of nitrogens with zero attached hydrogens (tertiary/aromatic N) is 2. The van der Waals surface area contributed by atoms with E-state index in [2.05, 4.69) is 9.97 Å². The minimum Gasteiger partial charge on any atom is -0.481 e. The second-order valence-electron chi connectivity index (χ2n) is 4.00. The molecule has 18 heavy (non-hydrogen) atoms. The predicted molar refractivity (Wildman–Crippen MR) is 68.8 cm³/mol. The molecule has 0 fully saturated rings. The molecule has 0 bridgehead atoms. The Labute approximate surface area is 107 Å². The minimum absolute atomic E-state index is 0.115. The molecule has 0 atom stereocenters. The van der Waals surface area contributed by atoms with Gasteiger partial charge in [-0.25, -0.2) is 4.98 Å². The van der Waals surface area contributed by atoms with Crippen molar-refractivity contribution in [1.29, 1.82) is 0 Å². The van der Waals surface area contributed by atoms with Crippen molar-refractivity contribution in [2.45, 2.75) is 12.8 Å². The Hall–Kier alpha value is -2.08. The van der Waals surface area contributed by atoms with Gasteiger partial charge < -0.3 is 10.1 Å². The van der Waals surface area contributed by atoms with E-state index >= 15 is 0 Å². The second kappa shape index (κ2) is 4.30. The number of imidazole rings is 1. The molecule has 92 valence electrons. The average molecular weight is 261 g/mol. The van der Waals surface area contributed by atoms with Crippen molar-refractivity contribution in [3.05, 3.63) is 35.7 Å². The number of rotatable bonds is 4. The van der Waals surface area contributed by atoms with Crippen LogP contribution >= 0.6 is 11.3 Å². The van der Waals surface area contributed by atoms with Gasteiger partial charge in [-0.1, -0.05) is 0 Å². The standard InChI is InChI=1S/C12H11N3O2S/c16-11(17)2-1-9-6-15-10(7-18-12(15)14-9)8-3-4-13-5-8/h3-7,13H,1-2H2,(H,16,17). The first kappa shape index (κ1) is 11.0. The zero-order valence-electron chi connectivity index (χ0n) is 9.46. The zero-order chi connectivity index (χ0) is 12.5. The van der Waals surface area contributed by atoms with Crippen LogP contribution in [0.5, 0.6) is 0 Å². The molecule has 0 unspecified atom stereocenters. The first-order chi connectivity index (χ1) is 8.74. The van der Waals surface area contributed by atoms with E-state index in [9.17, 15) is 4.79 Å². The molecule has 3 aromatic rings. The van der Waals surface area contributed by atoms with Gasteiger partial charge in [0, 0.05) is 36.0 Å². The molecule has 0 amide bonds. The summed E-state index contributed by atoms with van der Waals surface area (Å²) in [5.41, 5.74) is 3.00. The molecule has 5 nitrogen and oxygen atoms in total. The maximum atomic E-state index is 10.5. The number of hydrogen-bond donors (Lipinski definition) is 2. The number of fused-ring (bicyclic) bond motifs is 1. The van der Waals surface area contributed by atoms with Gasteiger partial charge in [0.2, 0.25) is 0 Å². The van der Waals surface area contributed by atoms with Crippen LogP contribution in [0, 0.1) is 0 Å². The number of carboxylic acid groups (broad SMARTS) is 1. The quantitative estimate of drug-likeness (QED) is 0.757. The molecule has 0 aliphatic rings. The highest BCUT2D eigenvalue weighted by atomic mass is 32.1. The highest BCUT2D eigenvalue weighted by molar-refractivity contribution is 7.15. The highest BCUT2D eigenvalue weighted by Gasteiger charge is 2.10. The fourth-order valence-corrected chi connectivity index (χ4v) is 2.78. The van der Waals surface area contributed by atoms with Gasteiger partial charge in [0.15, 0.2) is 4.96 Å². The third-order valence-corrected chi connectivity index (χ3v) is 3.59. The Morgan fingerprint density at radius 3 is 3.17 bits per heavy atom. The van der Waals surface area contributed by atoms with E-state index in [0.717, 1.165) is 21.9 Å². The van der Waals surface area contributed by atoms with E-state index in [1.807, 2.05) is 34.4 Å². The minimum atomic E-state index is -0.794. The SMILES string of the molecule is O=C(O)CCc1cn2c(-c3cc[nH]c3)csc2n1. The van der Waals surface area contributed by atoms with E-state index in [-0.39, 0.29) is 6.42 Å². The predicted octanol–water partition coefficient (Wildman–Crippen LogP) is 2.41. The van der Waals surface area contributed by atoms with Crippen LogP contribution in [0.15, 0.2) is 30.0 Å². The van der Waals surface area contributed by atoms with Crippen LogP contribution in [0.25, 0.3) is 16.2 Å². The molecule has 0 saturated carbocycles. The monoisotopic (exact) mass is 261 g/mol. The molecule has 0 spiro atoms. The van der Waals surface area contributed by atoms with Crippen LogP contribution in [-0.4, -0.2) is 25.4 Å². The van der Waals surface area contributed by atoms with Crippen LogP contribution < -0.4 is 0 Å². The third kappa shape index (κ3) is 1.91. The lowest BCUT2D eigenvalue weighted by atomic mass is 10.2. The van der Waals surface area contributed by atoms with Gasteiger partial charge in [-0.15, -0.1) is 11.3 Å². The van der Waals surface area contributed by atoms with Crippen molar-refractivity contribution in [3.63, 3.8) is 0 Å². The number of carbonyl (C=O) groups is 1. The lowest BCUT2D eigenvalue weighted by molar-refractivity contribution is -0.136. The first-order valence-corrected chi connectivity index (χ1v) is 6.42. The highest BCUT2D eigenvalue weighted by Crippen LogP contribution is 2.26. The molecule has 0 aromatic carbocycles. The fraction of sp³-hybridized carbons (Fsp3) is 0.167. The Morgan fingerprint density at radius 1 is 1.56 bits per heavy atom. The van der Waals surface area contributed by atoms with Gasteiger partial charge in [-0.2, -0.15) is 0 Å². The molecular formula is C12H11N3O2S. The van der Waals surface area contributed by atoms with Crippen LogP contribution in [0.4, 0.5) is 0 Å². The first-order valence-electron chi connectivity index (χ1n) is 5.54. The van der Waals surface area contributed by atoms with Crippen LogP contribution in [0.1, 0.15) is 12.1 Å². The summed E-state index contributed by atoms with van der Waals surface area (Å²) in [5, 5.41) is 10.7. The Kier molecular flexibility index (Phi) is 2.64. The molecule has 0 aliphatic carbocycles. The van der Waals surface area contributed by atoms with Crippen molar-refractivity contribution in [3.8, 4) is 11.3 Å². The Bertz CT molecular complexity index is 681. The smallest absolute Gasteiger partial charge is 0.303 e. The topological polar surface area (TPSA) is 70.4 Å². The van der Waals surface area contributed by atoms with Crippen molar-refractivity contribution >= 4 is 22.3 Å². The van der Waals surface area contributed by atoms with E-state index in [1.165, 1.54) is 0 Å². The number of aromatic amines is 1. The summed E-state index contributed by atoms with van der Waals surface area (Å²) >= 11 is 1.56. The number of thiazole rings is 1. The average Bonchev–Trinajstić information content (AvgIpc) is 3.01. The van der Waals surface area contributed by atoms with Crippen LogP contribution in [0.3, 0.4) is 0 Å². The lowest BCUT2D eigenvalue weighted by Gasteiger charge is -1.94. The number of aliphatic carboxylic acids is 1. The number of nitrogens with one attached hydrogen (secondary N) is 1. The van der Waals surface area contributed by atoms with E-state index in [0.29, 0.717) is 6.42 Å². The molecule has 3 heterocycles. The largest absolute Gasteiger partial charge is 0.481 e. The number of carboxylic acids is 1. The van der Waals surface area contributed by atoms with Crippen molar-refractivity contribution < 1.29 is 9.90 Å². The summed E-state index contributed by atoms with van der Waals surface area (Å²) in [4.78, 5) is 18.9. The molecule has 2 N–H and O–H groups in total. The number of aryl methyl sites for hydroxylation is 1. The summed E-state index contributed by atoms with van der Waals surface area (Å²) in [5.74, 6) is -0.794. The van der Waals surface area contributed by atoms with Gasteiger partial charge in [-0.3, -0.25) is 9.20 Å². The maximum absolute atomic E-state index is 10.5. The summed E-state index contributed by atoms with van der Waals surface area (Å²) in [7, 11) is 0. The zero-order valence-corrected chi connectivity index (χ0v) is 10.3. The maximum Gasteiger partial charge on any atom is 0.303 e. The van der Waals surface area contributed by atoms with Gasteiger partial charge >= 0.3 is 5.97 Å². The second-order valence-corrected chi connectivity index (χ2v) is 4.84. The Morgan fingerprint density at radius 2 is 2.44 bits per heavy atom. The molecule has 0 saturated heterocycles. The third-order valence-electron chi connectivity index (χ3n) is 2.75. The number of aromatic nitrogens is 3. The molecule has 0 radical (unpaired) electrons. The number of H-pyrrole nitrogens is 1. The normalized spacial score (nSPS) is 11.1. The van der Waals surface area contributed by atoms with Gasteiger partial charge in [-0.05, 0) is 6.07 Å². The van der Waals surface area contributed by atoms with Gasteiger partial charge in [0.25, 0.3) is 0 Å². The van der Waals surface area contributed by atoms with Crippen molar-refractivity contribution in [2.75, 3.05) is 0 Å². The fourth-order valence-electron chi connectivity index (χ4n) is 1.88. The molecule has 3 rings (SSSR count). The Balaban J connectivity index is 1.96. The summed E-state index contributed by atoms with van der Waals surface area (Å²) in [6.45, 7) is 0. The summed E-state index contributed by atoms with van der Waals surface area (Å²) in [6.07, 6.45) is 6.30. The molecular weight excluding hydrogens is 250 g/mol. The van der Waals surface area contributed by atoms with Crippen LogP contribution in [-0.2, 0) is 11.2 Å². The molecule has 6 heteroatoms.